The van der Waals surface area contributed by atoms with E-state index in [1.807, 2.05) is 7.05 Å². The molecule has 2 rings (SSSR count). The van der Waals surface area contributed by atoms with Gasteiger partial charge in [-0.15, -0.1) is 0 Å². The van der Waals surface area contributed by atoms with E-state index >= 15 is 0 Å². The van der Waals surface area contributed by atoms with Gasteiger partial charge in [-0.05, 0) is 39.2 Å². The number of hydrogen-bond donors (Lipinski definition) is 3. The lowest BCUT2D eigenvalue weighted by molar-refractivity contribution is -0.127. The summed E-state index contributed by atoms with van der Waals surface area (Å²) in [6, 6.07) is 1.67. The first-order chi connectivity index (χ1) is 9.17. The predicted octanol–water partition coefficient (Wildman–Crippen LogP) is 0.256. The highest BCUT2D eigenvalue weighted by atomic mass is 16.5. The van der Waals surface area contributed by atoms with Crippen molar-refractivity contribution in [3.05, 3.63) is 0 Å². The van der Waals surface area contributed by atoms with Crippen molar-refractivity contribution < 1.29 is 9.53 Å². The van der Waals surface area contributed by atoms with Crippen molar-refractivity contribution >= 4 is 5.91 Å². The molecule has 3 atom stereocenters. The summed E-state index contributed by atoms with van der Waals surface area (Å²) < 4.78 is 5.59. The largest absolute Gasteiger partial charge is 0.380 e. The number of amides is 1. The van der Waals surface area contributed by atoms with Gasteiger partial charge in [-0.3, -0.25) is 4.79 Å². The highest BCUT2D eigenvalue weighted by Gasteiger charge is 2.37. The van der Waals surface area contributed by atoms with Crippen LogP contribution in [0.3, 0.4) is 0 Å². The van der Waals surface area contributed by atoms with E-state index in [2.05, 4.69) is 16.0 Å². The highest BCUT2D eigenvalue weighted by Crippen LogP contribution is 2.29. The minimum absolute atomic E-state index is 0.111. The summed E-state index contributed by atoms with van der Waals surface area (Å²) in [4.78, 5) is 11.7. The second kappa shape index (κ2) is 6.68. The summed E-state index contributed by atoms with van der Waals surface area (Å²) in [7, 11) is 5.48. The Balaban J connectivity index is 1.80. The van der Waals surface area contributed by atoms with Crippen LogP contribution in [-0.2, 0) is 9.53 Å². The molecule has 3 N–H and O–H groups in total. The monoisotopic (exact) mass is 269 g/mol. The number of hydrogen-bond acceptors (Lipinski definition) is 4. The van der Waals surface area contributed by atoms with Crippen molar-refractivity contribution in [1.82, 2.24) is 16.0 Å². The smallest absolute Gasteiger partial charge is 0.222 e. The first-order valence-corrected chi connectivity index (χ1v) is 7.35. The van der Waals surface area contributed by atoms with E-state index in [0.29, 0.717) is 18.1 Å². The van der Waals surface area contributed by atoms with Crippen molar-refractivity contribution in [2.24, 2.45) is 5.92 Å². The summed E-state index contributed by atoms with van der Waals surface area (Å²) in [5, 5.41) is 9.75. The maximum Gasteiger partial charge on any atom is 0.222 e. The summed E-state index contributed by atoms with van der Waals surface area (Å²) in [5.41, 5.74) is 0. The quantitative estimate of drug-likeness (QED) is 0.670. The molecule has 2 aliphatic rings. The van der Waals surface area contributed by atoms with Gasteiger partial charge in [-0.2, -0.15) is 0 Å². The summed E-state index contributed by atoms with van der Waals surface area (Å²) in [6.07, 6.45) is 5.36. The Labute approximate surface area is 115 Å². The lowest BCUT2D eigenvalue weighted by atomic mass is 9.80. The van der Waals surface area contributed by atoms with Crippen LogP contribution in [0.25, 0.3) is 0 Å². The van der Waals surface area contributed by atoms with Crippen LogP contribution in [0.5, 0.6) is 0 Å². The predicted molar refractivity (Wildman–Crippen MR) is 75.0 cm³/mol. The van der Waals surface area contributed by atoms with Gasteiger partial charge >= 0.3 is 0 Å². The van der Waals surface area contributed by atoms with E-state index in [1.54, 1.807) is 14.2 Å². The second-order valence-corrected chi connectivity index (χ2v) is 5.83. The first-order valence-electron chi connectivity index (χ1n) is 7.35. The maximum absolute atomic E-state index is 11.7. The molecule has 0 bridgehead atoms. The zero-order valence-electron chi connectivity index (χ0n) is 12.2. The summed E-state index contributed by atoms with van der Waals surface area (Å²) in [5.74, 6) is 0.263. The van der Waals surface area contributed by atoms with Gasteiger partial charge in [0.1, 0.15) is 0 Å². The third-order valence-corrected chi connectivity index (χ3v) is 4.71. The molecule has 2 aliphatic carbocycles. The first kappa shape index (κ1) is 14.8. The van der Waals surface area contributed by atoms with Crippen LogP contribution < -0.4 is 16.0 Å². The van der Waals surface area contributed by atoms with Crippen LogP contribution in [0.2, 0.25) is 0 Å². The van der Waals surface area contributed by atoms with Gasteiger partial charge in [0.2, 0.25) is 5.91 Å². The Morgan fingerprint density at radius 1 is 1.11 bits per heavy atom. The fourth-order valence-corrected chi connectivity index (χ4v) is 3.31. The Kier molecular flexibility index (Phi) is 5.19. The number of methoxy groups -OCH3 is 1. The van der Waals surface area contributed by atoms with E-state index in [0.717, 1.165) is 19.3 Å². The van der Waals surface area contributed by atoms with E-state index in [4.69, 9.17) is 4.74 Å². The van der Waals surface area contributed by atoms with Crippen LogP contribution in [-0.4, -0.2) is 51.3 Å². The molecule has 5 heteroatoms. The molecular formula is C14H27N3O2. The molecule has 1 amide bonds. The number of carbonyl (C=O) groups excluding carboxylic acids is 1. The van der Waals surface area contributed by atoms with E-state index in [9.17, 15) is 4.79 Å². The molecule has 0 aromatic carbocycles. The Morgan fingerprint density at radius 2 is 1.84 bits per heavy atom. The van der Waals surface area contributed by atoms with Gasteiger partial charge in [-0.25, -0.2) is 0 Å². The van der Waals surface area contributed by atoms with Gasteiger partial charge in [0.05, 0.1) is 6.10 Å². The van der Waals surface area contributed by atoms with Gasteiger partial charge in [0.15, 0.2) is 0 Å². The Hall–Kier alpha value is -0.650. The molecule has 0 aliphatic heterocycles. The minimum Gasteiger partial charge on any atom is -0.380 e. The second-order valence-electron chi connectivity index (χ2n) is 5.83. The zero-order chi connectivity index (χ0) is 13.8. The number of carbonyl (C=O) groups is 1. The van der Waals surface area contributed by atoms with Crippen LogP contribution in [0.1, 0.15) is 32.1 Å². The molecule has 0 radical (unpaired) electrons. The van der Waals surface area contributed by atoms with E-state index < -0.39 is 0 Å². The van der Waals surface area contributed by atoms with Crippen molar-refractivity contribution in [3.8, 4) is 0 Å². The Morgan fingerprint density at radius 3 is 2.42 bits per heavy atom. The van der Waals surface area contributed by atoms with Gasteiger partial charge in [-0.1, -0.05) is 0 Å². The molecule has 2 fully saturated rings. The molecule has 0 spiro atoms. The van der Waals surface area contributed by atoms with Crippen LogP contribution in [0.4, 0.5) is 0 Å². The summed E-state index contributed by atoms with van der Waals surface area (Å²) >= 11 is 0. The van der Waals surface area contributed by atoms with Crippen LogP contribution in [0, 0.1) is 5.92 Å². The molecule has 0 aromatic heterocycles. The molecule has 0 aromatic rings. The molecule has 0 saturated heterocycles. The van der Waals surface area contributed by atoms with Crippen molar-refractivity contribution in [1.29, 1.82) is 0 Å². The third-order valence-electron chi connectivity index (χ3n) is 4.71. The lowest BCUT2D eigenvalue weighted by Crippen LogP contribution is -2.57. The highest BCUT2D eigenvalue weighted by molar-refractivity contribution is 5.78. The van der Waals surface area contributed by atoms with Gasteiger partial charge in [0, 0.05) is 38.2 Å². The molecule has 3 unspecified atom stereocenters. The van der Waals surface area contributed by atoms with Gasteiger partial charge in [0.25, 0.3) is 0 Å². The third kappa shape index (κ3) is 3.46. The fourth-order valence-electron chi connectivity index (χ4n) is 3.31. The van der Waals surface area contributed by atoms with E-state index in [1.165, 1.54) is 12.8 Å². The molecule has 0 heterocycles. The zero-order valence-corrected chi connectivity index (χ0v) is 12.2. The topological polar surface area (TPSA) is 62.4 Å². The molecule has 2 saturated carbocycles. The van der Waals surface area contributed by atoms with E-state index in [-0.39, 0.29) is 17.9 Å². The SMILES string of the molecule is CNC(=O)C1CCC(NC2CC(NC)C2)C(OC)C1. The minimum atomic E-state index is 0.111. The number of nitrogens with one attached hydrogen (secondary N) is 3. The molecule has 5 nitrogen and oxygen atoms in total. The molecule has 110 valence electrons. The molecular weight excluding hydrogens is 242 g/mol. The van der Waals surface area contributed by atoms with Crippen molar-refractivity contribution in [2.45, 2.75) is 56.3 Å². The summed E-state index contributed by atoms with van der Waals surface area (Å²) in [6.45, 7) is 0. The fraction of sp³-hybridized carbons (Fsp3) is 0.929. The van der Waals surface area contributed by atoms with Crippen molar-refractivity contribution in [3.63, 3.8) is 0 Å². The van der Waals surface area contributed by atoms with Crippen LogP contribution >= 0.6 is 0 Å². The maximum atomic E-state index is 11.7. The molecule has 19 heavy (non-hydrogen) atoms. The lowest BCUT2D eigenvalue weighted by Gasteiger charge is -2.42. The normalized spacial score (nSPS) is 38.6. The van der Waals surface area contributed by atoms with Gasteiger partial charge < -0.3 is 20.7 Å². The Bertz CT molecular complexity index is 305. The van der Waals surface area contributed by atoms with Crippen molar-refractivity contribution in [2.75, 3.05) is 21.2 Å². The average molecular weight is 269 g/mol. The average Bonchev–Trinajstić information content (AvgIpc) is 2.41. The number of rotatable bonds is 5. The van der Waals surface area contributed by atoms with Crippen LogP contribution in [0.15, 0.2) is 0 Å². The number of ether oxygens (including phenoxy) is 1. The standard InChI is InChI=1S/C14H27N3O2/c1-15-10-7-11(8-10)17-12-5-4-9(14(18)16-2)6-13(12)19-3/h9-13,15,17H,4-8H2,1-3H3,(H,16,18).